The van der Waals surface area contributed by atoms with Gasteiger partial charge in [-0.15, -0.1) is 0 Å². The molecule has 1 atom stereocenters. The molecule has 1 aromatic rings. The van der Waals surface area contributed by atoms with Gasteiger partial charge in [0.25, 0.3) is 0 Å². The Kier molecular flexibility index (Phi) is 7.06. The first-order chi connectivity index (χ1) is 9.97. The Morgan fingerprint density at radius 1 is 1.19 bits per heavy atom. The number of carbonyl (C=O) groups excluding carboxylic acids is 1. The maximum absolute atomic E-state index is 12.0. The molecule has 0 fully saturated rings. The predicted molar refractivity (Wildman–Crippen MR) is 85.0 cm³/mol. The summed E-state index contributed by atoms with van der Waals surface area (Å²) < 4.78 is 10.6. The van der Waals surface area contributed by atoms with Gasteiger partial charge in [0.1, 0.15) is 11.5 Å². The molecular weight excluding hydrogens is 266 g/mol. The Labute approximate surface area is 127 Å². The minimum atomic E-state index is 0.0843. The van der Waals surface area contributed by atoms with Crippen molar-refractivity contribution in [2.24, 2.45) is 5.92 Å². The second-order valence-electron chi connectivity index (χ2n) is 5.75. The van der Waals surface area contributed by atoms with Crippen LogP contribution in [0.25, 0.3) is 0 Å². The van der Waals surface area contributed by atoms with Crippen molar-refractivity contribution in [3.63, 3.8) is 0 Å². The molecule has 1 unspecified atom stereocenters. The van der Waals surface area contributed by atoms with Gasteiger partial charge >= 0.3 is 0 Å². The van der Waals surface area contributed by atoms with Crippen LogP contribution in [0.3, 0.4) is 0 Å². The highest BCUT2D eigenvalue weighted by Gasteiger charge is 2.16. The molecule has 21 heavy (non-hydrogen) atoms. The van der Waals surface area contributed by atoms with Gasteiger partial charge in [-0.05, 0) is 29.9 Å². The van der Waals surface area contributed by atoms with Gasteiger partial charge in [0.2, 0.25) is 5.91 Å². The SMILES string of the molecule is COc1ccc(C(C)CC(=O)NCCC(C)C)c(OC)c1. The molecule has 0 heterocycles. The lowest BCUT2D eigenvalue weighted by Crippen LogP contribution is -2.26. The standard InChI is InChI=1S/C17H27NO3/c1-12(2)8-9-18-17(19)10-13(3)15-7-6-14(20-4)11-16(15)21-5/h6-7,11-13H,8-10H2,1-5H3,(H,18,19). The molecule has 0 aromatic heterocycles. The van der Waals surface area contributed by atoms with Crippen molar-refractivity contribution >= 4 is 5.91 Å². The molecule has 0 spiro atoms. The summed E-state index contributed by atoms with van der Waals surface area (Å²) in [6.45, 7) is 7.07. The lowest BCUT2D eigenvalue weighted by molar-refractivity contribution is -0.121. The van der Waals surface area contributed by atoms with E-state index in [1.54, 1.807) is 14.2 Å². The highest BCUT2D eigenvalue weighted by Crippen LogP contribution is 2.32. The lowest BCUT2D eigenvalue weighted by Gasteiger charge is -2.16. The Hall–Kier alpha value is -1.71. The summed E-state index contributed by atoms with van der Waals surface area (Å²) in [7, 11) is 3.26. The summed E-state index contributed by atoms with van der Waals surface area (Å²) in [5.74, 6) is 2.30. The summed E-state index contributed by atoms with van der Waals surface area (Å²) in [6.07, 6.45) is 1.47. The van der Waals surface area contributed by atoms with E-state index in [-0.39, 0.29) is 11.8 Å². The molecule has 0 aliphatic carbocycles. The second-order valence-corrected chi connectivity index (χ2v) is 5.75. The van der Waals surface area contributed by atoms with Gasteiger partial charge in [0, 0.05) is 19.0 Å². The number of ether oxygens (including phenoxy) is 2. The zero-order valence-electron chi connectivity index (χ0n) is 13.7. The Balaban J connectivity index is 2.62. The number of methoxy groups -OCH3 is 2. The fourth-order valence-corrected chi connectivity index (χ4v) is 2.19. The van der Waals surface area contributed by atoms with E-state index in [2.05, 4.69) is 19.2 Å². The highest BCUT2D eigenvalue weighted by atomic mass is 16.5. The van der Waals surface area contributed by atoms with Crippen LogP contribution in [0.1, 0.15) is 45.1 Å². The van der Waals surface area contributed by atoms with E-state index in [0.29, 0.717) is 12.3 Å². The number of benzene rings is 1. The molecule has 0 saturated heterocycles. The average Bonchev–Trinajstić information content (AvgIpc) is 2.45. The van der Waals surface area contributed by atoms with Crippen LogP contribution in [0.5, 0.6) is 11.5 Å². The van der Waals surface area contributed by atoms with E-state index in [4.69, 9.17) is 9.47 Å². The summed E-state index contributed by atoms with van der Waals surface area (Å²) in [4.78, 5) is 12.0. The fraction of sp³-hybridized carbons (Fsp3) is 0.588. The van der Waals surface area contributed by atoms with Crippen molar-refractivity contribution in [1.82, 2.24) is 5.32 Å². The van der Waals surface area contributed by atoms with Gasteiger partial charge in [0.05, 0.1) is 14.2 Å². The zero-order valence-corrected chi connectivity index (χ0v) is 13.7. The Morgan fingerprint density at radius 2 is 1.90 bits per heavy atom. The van der Waals surface area contributed by atoms with Crippen LogP contribution in [0.15, 0.2) is 18.2 Å². The van der Waals surface area contributed by atoms with Crippen molar-refractivity contribution in [3.8, 4) is 11.5 Å². The van der Waals surface area contributed by atoms with Gasteiger partial charge in [-0.1, -0.05) is 26.8 Å². The summed E-state index contributed by atoms with van der Waals surface area (Å²) in [5, 5.41) is 2.97. The summed E-state index contributed by atoms with van der Waals surface area (Å²) in [6, 6.07) is 5.71. The van der Waals surface area contributed by atoms with E-state index in [9.17, 15) is 4.79 Å². The molecule has 1 amide bonds. The third kappa shape index (κ3) is 5.66. The monoisotopic (exact) mass is 293 g/mol. The third-order valence-electron chi connectivity index (χ3n) is 3.51. The van der Waals surface area contributed by atoms with Gasteiger partial charge in [-0.2, -0.15) is 0 Å². The van der Waals surface area contributed by atoms with Crippen molar-refractivity contribution in [1.29, 1.82) is 0 Å². The van der Waals surface area contributed by atoms with Crippen LogP contribution in [-0.2, 0) is 4.79 Å². The third-order valence-corrected chi connectivity index (χ3v) is 3.51. The van der Waals surface area contributed by atoms with Crippen LogP contribution in [0.2, 0.25) is 0 Å². The maximum atomic E-state index is 12.0. The summed E-state index contributed by atoms with van der Waals surface area (Å²) in [5.41, 5.74) is 1.03. The topological polar surface area (TPSA) is 47.6 Å². The van der Waals surface area contributed by atoms with Crippen molar-refractivity contribution < 1.29 is 14.3 Å². The maximum Gasteiger partial charge on any atom is 0.220 e. The van der Waals surface area contributed by atoms with Gasteiger partial charge < -0.3 is 14.8 Å². The van der Waals surface area contributed by atoms with E-state index >= 15 is 0 Å². The largest absolute Gasteiger partial charge is 0.497 e. The van der Waals surface area contributed by atoms with E-state index in [0.717, 1.165) is 30.0 Å². The zero-order chi connectivity index (χ0) is 15.8. The van der Waals surface area contributed by atoms with Crippen LogP contribution in [0.4, 0.5) is 0 Å². The molecule has 4 heteroatoms. The van der Waals surface area contributed by atoms with Crippen LogP contribution >= 0.6 is 0 Å². The molecule has 1 aromatic carbocycles. The molecular formula is C17H27NO3. The minimum absolute atomic E-state index is 0.0843. The van der Waals surface area contributed by atoms with Gasteiger partial charge in [-0.25, -0.2) is 0 Å². The van der Waals surface area contributed by atoms with Crippen molar-refractivity contribution in [2.45, 2.75) is 39.5 Å². The normalized spacial score (nSPS) is 12.1. The number of nitrogens with one attached hydrogen (secondary N) is 1. The smallest absolute Gasteiger partial charge is 0.220 e. The number of amides is 1. The molecule has 4 nitrogen and oxygen atoms in total. The second kappa shape index (κ2) is 8.55. The van der Waals surface area contributed by atoms with Crippen molar-refractivity contribution in [2.75, 3.05) is 20.8 Å². The molecule has 0 radical (unpaired) electrons. The van der Waals surface area contributed by atoms with Gasteiger partial charge in [0.15, 0.2) is 0 Å². The minimum Gasteiger partial charge on any atom is -0.497 e. The molecule has 118 valence electrons. The molecule has 1 N–H and O–H groups in total. The fourth-order valence-electron chi connectivity index (χ4n) is 2.19. The molecule has 1 rings (SSSR count). The number of hydrogen-bond acceptors (Lipinski definition) is 3. The van der Waals surface area contributed by atoms with E-state index in [1.807, 2.05) is 25.1 Å². The van der Waals surface area contributed by atoms with Crippen LogP contribution in [0, 0.1) is 5.92 Å². The predicted octanol–water partition coefficient (Wildman–Crippen LogP) is 3.36. The number of hydrogen-bond donors (Lipinski definition) is 1. The molecule has 0 bridgehead atoms. The average molecular weight is 293 g/mol. The first kappa shape index (κ1) is 17.3. The lowest BCUT2D eigenvalue weighted by atomic mass is 9.96. The highest BCUT2D eigenvalue weighted by molar-refractivity contribution is 5.77. The Morgan fingerprint density at radius 3 is 2.48 bits per heavy atom. The molecule has 0 aliphatic heterocycles. The van der Waals surface area contributed by atoms with Crippen LogP contribution < -0.4 is 14.8 Å². The molecule has 0 saturated carbocycles. The number of carbonyl (C=O) groups is 1. The first-order valence-electron chi connectivity index (χ1n) is 7.46. The van der Waals surface area contributed by atoms with Gasteiger partial charge in [-0.3, -0.25) is 4.79 Å². The Bertz CT molecular complexity index is 457. The quantitative estimate of drug-likeness (QED) is 0.799. The number of rotatable bonds is 8. The van der Waals surface area contributed by atoms with Crippen molar-refractivity contribution in [3.05, 3.63) is 23.8 Å². The van der Waals surface area contributed by atoms with Crippen LogP contribution in [-0.4, -0.2) is 26.7 Å². The first-order valence-corrected chi connectivity index (χ1v) is 7.46. The van der Waals surface area contributed by atoms with E-state index in [1.165, 1.54) is 0 Å². The summed E-state index contributed by atoms with van der Waals surface area (Å²) >= 11 is 0. The van der Waals surface area contributed by atoms with E-state index < -0.39 is 0 Å². The molecule has 0 aliphatic rings.